The molecule has 96 valence electrons. The number of ether oxygens (including phenoxy) is 1. The first-order chi connectivity index (χ1) is 8.69. The number of nitrogens with zero attached hydrogens (tertiary/aromatic N) is 1. The minimum Gasteiger partial charge on any atom is -0.495 e. The smallest absolute Gasteiger partial charge is 0.141 e. The number of methoxy groups -OCH3 is 1. The summed E-state index contributed by atoms with van der Waals surface area (Å²) >= 11 is 0. The van der Waals surface area contributed by atoms with Crippen LogP contribution in [-0.4, -0.2) is 12.6 Å². The van der Waals surface area contributed by atoms with Crippen LogP contribution < -0.4 is 10.1 Å². The maximum Gasteiger partial charge on any atom is 0.141 e. The zero-order valence-corrected chi connectivity index (χ0v) is 11.1. The topological polar surface area (TPSA) is 45.0 Å². The van der Waals surface area contributed by atoms with E-state index in [2.05, 4.69) is 18.3 Å². The number of nitriles is 1. The lowest BCUT2D eigenvalue weighted by Crippen LogP contribution is -2.40. The van der Waals surface area contributed by atoms with Gasteiger partial charge in [-0.25, -0.2) is 0 Å². The zero-order chi connectivity index (χ0) is 13.0. The molecule has 0 heterocycles. The molecule has 0 radical (unpaired) electrons. The number of hydrogen-bond donors (Lipinski definition) is 1. The number of hydrogen-bond acceptors (Lipinski definition) is 3. The first-order valence-corrected chi connectivity index (χ1v) is 6.51. The van der Waals surface area contributed by atoms with Crippen LogP contribution in [0.1, 0.15) is 32.6 Å². The van der Waals surface area contributed by atoms with Crippen LogP contribution in [-0.2, 0) is 0 Å². The molecule has 0 saturated heterocycles. The Labute approximate surface area is 109 Å². The molecule has 1 aromatic carbocycles. The van der Waals surface area contributed by atoms with E-state index in [0.29, 0.717) is 0 Å². The maximum atomic E-state index is 9.50. The summed E-state index contributed by atoms with van der Waals surface area (Å²) in [5.41, 5.74) is 0.484. The van der Waals surface area contributed by atoms with Gasteiger partial charge in [-0.05, 0) is 43.7 Å². The molecule has 1 saturated carbocycles. The summed E-state index contributed by atoms with van der Waals surface area (Å²) < 4.78 is 5.33. The third kappa shape index (κ3) is 2.59. The summed E-state index contributed by atoms with van der Waals surface area (Å²) in [4.78, 5) is 0. The molecule has 3 nitrogen and oxygen atoms in total. The molecule has 1 N–H and O–H groups in total. The minimum absolute atomic E-state index is 0.429. The predicted octanol–water partition coefficient (Wildman–Crippen LogP) is 3.58. The van der Waals surface area contributed by atoms with Gasteiger partial charge in [0.25, 0.3) is 0 Å². The second kappa shape index (κ2) is 5.30. The molecular formula is C15H20N2O. The van der Waals surface area contributed by atoms with E-state index in [0.717, 1.165) is 43.0 Å². The Bertz CT molecular complexity index is 442. The van der Waals surface area contributed by atoms with Gasteiger partial charge in [-0.3, -0.25) is 0 Å². The number of benzene rings is 1. The molecular weight excluding hydrogens is 224 g/mol. The van der Waals surface area contributed by atoms with Gasteiger partial charge in [-0.1, -0.05) is 19.1 Å². The van der Waals surface area contributed by atoms with E-state index in [9.17, 15) is 5.26 Å². The summed E-state index contributed by atoms with van der Waals surface area (Å²) in [5.74, 6) is 1.52. The van der Waals surface area contributed by atoms with E-state index < -0.39 is 5.54 Å². The van der Waals surface area contributed by atoms with Crippen LogP contribution >= 0.6 is 0 Å². The van der Waals surface area contributed by atoms with Crippen molar-refractivity contribution < 1.29 is 4.74 Å². The van der Waals surface area contributed by atoms with Crippen molar-refractivity contribution >= 4 is 5.69 Å². The Morgan fingerprint density at radius 2 is 2.00 bits per heavy atom. The van der Waals surface area contributed by atoms with Crippen LogP contribution in [0.4, 0.5) is 5.69 Å². The molecule has 0 unspecified atom stereocenters. The van der Waals surface area contributed by atoms with Gasteiger partial charge in [0.1, 0.15) is 11.3 Å². The van der Waals surface area contributed by atoms with Gasteiger partial charge in [-0.2, -0.15) is 5.26 Å². The van der Waals surface area contributed by atoms with Crippen molar-refractivity contribution in [3.05, 3.63) is 24.3 Å². The lowest BCUT2D eigenvalue weighted by atomic mass is 9.78. The third-order valence-corrected chi connectivity index (χ3v) is 3.82. The van der Waals surface area contributed by atoms with E-state index >= 15 is 0 Å². The van der Waals surface area contributed by atoms with Crippen LogP contribution in [0.5, 0.6) is 5.75 Å². The van der Waals surface area contributed by atoms with E-state index in [1.54, 1.807) is 7.11 Å². The van der Waals surface area contributed by atoms with Crippen molar-refractivity contribution in [1.29, 1.82) is 5.26 Å². The Morgan fingerprint density at radius 3 is 2.61 bits per heavy atom. The van der Waals surface area contributed by atoms with Crippen molar-refractivity contribution in [1.82, 2.24) is 0 Å². The molecule has 0 atom stereocenters. The van der Waals surface area contributed by atoms with Crippen molar-refractivity contribution in [2.45, 2.75) is 38.1 Å². The van der Waals surface area contributed by atoms with E-state index in [1.807, 2.05) is 24.3 Å². The van der Waals surface area contributed by atoms with Gasteiger partial charge in [0.15, 0.2) is 0 Å². The standard InChI is InChI=1S/C15H20N2O/c1-12-7-9-15(11-16,10-8-12)17-13-5-3-4-6-14(13)18-2/h3-6,12,17H,7-10H2,1-2H3. The second-order valence-electron chi connectivity index (χ2n) is 5.20. The Kier molecular flexibility index (Phi) is 3.76. The minimum atomic E-state index is -0.429. The van der Waals surface area contributed by atoms with Gasteiger partial charge in [0.2, 0.25) is 0 Å². The van der Waals surface area contributed by atoms with Crippen molar-refractivity contribution in [2.75, 3.05) is 12.4 Å². The normalized spacial score (nSPS) is 27.3. The molecule has 2 rings (SSSR count). The average Bonchev–Trinajstić information content (AvgIpc) is 2.42. The zero-order valence-electron chi connectivity index (χ0n) is 11.1. The first kappa shape index (κ1) is 12.8. The molecule has 1 fully saturated rings. The van der Waals surface area contributed by atoms with E-state index in [-0.39, 0.29) is 0 Å². The highest BCUT2D eigenvalue weighted by atomic mass is 16.5. The second-order valence-corrected chi connectivity index (χ2v) is 5.20. The molecule has 0 spiro atoms. The SMILES string of the molecule is COc1ccccc1NC1(C#N)CCC(C)CC1. The highest BCUT2D eigenvalue weighted by molar-refractivity contribution is 5.58. The summed E-state index contributed by atoms with van der Waals surface area (Å²) in [6.07, 6.45) is 4.02. The van der Waals surface area contributed by atoms with E-state index in [1.165, 1.54) is 0 Å². The lowest BCUT2D eigenvalue weighted by Gasteiger charge is -2.35. The van der Waals surface area contributed by atoms with Gasteiger partial charge in [0.05, 0.1) is 18.9 Å². The predicted molar refractivity (Wildman–Crippen MR) is 72.6 cm³/mol. The Morgan fingerprint density at radius 1 is 1.33 bits per heavy atom. The first-order valence-electron chi connectivity index (χ1n) is 6.51. The quantitative estimate of drug-likeness (QED) is 0.884. The highest BCUT2D eigenvalue weighted by Gasteiger charge is 2.34. The van der Waals surface area contributed by atoms with Crippen LogP contribution in [0, 0.1) is 17.2 Å². The Balaban J connectivity index is 2.18. The van der Waals surface area contributed by atoms with Crippen molar-refractivity contribution in [3.8, 4) is 11.8 Å². The summed E-state index contributed by atoms with van der Waals surface area (Å²) in [7, 11) is 1.66. The molecule has 18 heavy (non-hydrogen) atoms. The number of rotatable bonds is 3. The highest BCUT2D eigenvalue weighted by Crippen LogP contribution is 2.36. The molecule has 0 aliphatic heterocycles. The maximum absolute atomic E-state index is 9.50. The molecule has 0 amide bonds. The van der Waals surface area contributed by atoms with E-state index in [4.69, 9.17) is 4.74 Å². The average molecular weight is 244 g/mol. The van der Waals surface area contributed by atoms with Crippen LogP contribution in [0.15, 0.2) is 24.3 Å². The fraction of sp³-hybridized carbons (Fsp3) is 0.533. The fourth-order valence-electron chi connectivity index (χ4n) is 2.53. The molecule has 3 heteroatoms. The van der Waals surface area contributed by atoms with Gasteiger partial charge >= 0.3 is 0 Å². The van der Waals surface area contributed by atoms with Crippen LogP contribution in [0.3, 0.4) is 0 Å². The van der Waals surface area contributed by atoms with Crippen molar-refractivity contribution in [3.63, 3.8) is 0 Å². The third-order valence-electron chi connectivity index (χ3n) is 3.82. The fourth-order valence-corrected chi connectivity index (χ4v) is 2.53. The largest absolute Gasteiger partial charge is 0.495 e. The van der Waals surface area contributed by atoms with Crippen LogP contribution in [0.25, 0.3) is 0 Å². The Hall–Kier alpha value is -1.69. The van der Waals surface area contributed by atoms with Gasteiger partial charge in [0, 0.05) is 0 Å². The summed E-state index contributed by atoms with van der Waals surface area (Å²) in [6, 6.07) is 10.3. The molecule has 1 aliphatic carbocycles. The van der Waals surface area contributed by atoms with Gasteiger partial charge in [-0.15, -0.1) is 0 Å². The monoisotopic (exact) mass is 244 g/mol. The molecule has 1 aromatic rings. The lowest BCUT2D eigenvalue weighted by molar-refractivity contribution is 0.313. The number of para-hydroxylation sites is 2. The summed E-state index contributed by atoms with van der Waals surface area (Å²) in [6.45, 7) is 2.25. The summed E-state index contributed by atoms with van der Waals surface area (Å²) in [5, 5.41) is 12.9. The van der Waals surface area contributed by atoms with Gasteiger partial charge < -0.3 is 10.1 Å². The molecule has 0 aromatic heterocycles. The number of anilines is 1. The van der Waals surface area contributed by atoms with Crippen molar-refractivity contribution in [2.24, 2.45) is 5.92 Å². The van der Waals surface area contributed by atoms with Crippen LogP contribution in [0.2, 0.25) is 0 Å². The molecule has 1 aliphatic rings. The molecule has 0 bridgehead atoms. The number of nitrogens with one attached hydrogen (secondary N) is 1.